The van der Waals surface area contributed by atoms with Gasteiger partial charge in [-0.3, -0.25) is 0 Å². The lowest BCUT2D eigenvalue weighted by atomic mass is 9.88. The molecule has 1 unspecified atom stereocenters. The van der Waals surface area contributed by atoms with E-state index < -0.39 is 0 Å². The fourth-order valence-electron chi connectivity index (χ4n) is 1.44. The molecule has 1 aliphatic carbocycles. The molecule has 11 heavy (non-hydrogen) atoms. The van der Waals surface area contributed by atoms with E-state index in [9.17, 15) is 0 Å². The van der Waals surface area contributed by atoms with E-state index in [2.05, 4.69) is 34.8 Å². The van der Waals surface area contributed by atoms with Gasteiger partial charge in [0.15, 0.2) is 0 Å². The van der Waals surface area contributed by atoms with Crippen LogP contribution in [0.25, 0.3) is 0 Å². The Hall–Kier alpha value is -0.386. The maximum absolute atomic E-state index is 4.94. The molecular formula is C8H7OSi2. The Bertz CT molecular complexity index is 262. The third-order valence-electron chi connectivity index (χ3n) is 2.06. The number of fused-ring (bicyclic) bond motifs is 1. The van der Waals surface area contributed by atoms with Crippen molar-refractivity contribution in [2.24, 2.45) is 0 Å². The first-order chi connectivity index (χ1) is 5.42. The average molecular weight is 175 g/mol. The summed E-state index contributed by atoms with van der Waals surface area (Å²) in [6, 6.07) is 8.54. The van der Waals surface area contributed by atoms with Gasteiger partial charge in [-0.25, -0.2) is 0 Å². The van der Waals surface area contributed by atoms with E-state index in [1.54, 1.807) is 0 Å². The number of hydrogen-bond acceptors (Lipinski definition) is 1. The second kappa shape index (κ2) is 2.93. The van der Waals surface area contributed by atoms with Gasteiger partial charge in [0.1, 0.15) is 0 Å². The van der Waals surface area contributed by atoms with Crippen LogP contribution in [0.3, 0.4) is 0 Å². The van der Waals surface area contributed by atoms with Gasteiger partial charge in [-0.15, -0.1) is 0 Å². The molecule has 1 atom stereocenters. The van der Waals surface area contributed by atoms with Gasteiger partial charge in [-0.05, 0) is 17.5 Å². The number of benzene rings is 1. The Balaban J connectivity index is 2.16. The van der Waals surface area contributed by atoms with Gasteiger partial charge in [0, 0.05) is 5.54 Å². The lowest BCUT2D eigenvalue weighted by Gasteiger charge is -2.28. The summed E-state index contributed by atoms with van der Waals surface area (Å²) in [5, 5.41) is 0. The van der Waals surface area contributed by atoms with Gasteiger partial charge in [-0.1, -0.05) is 24.3 Å². The summed E-state index contributed by atoms with van der Waals surface area (Å²) < 4.78 is 4.94. The zero-order valence-electron chi connectivity index (χ0n) is 6.00. The summed E-state index contributed by atoms with van der Waals surface area (Å²) in [5.74, 6) is 0. The largest absolute Gasteiger partial charge is 0.457 e. The van der Waals surface area contributed by atoms with Crippen LogP contribution in [0.15, 0.2) is 24.3 Å². The highest BCUT2D eigenvalue weighted by Crippen LogP contribution is 2.33. The molecule has 0 fully saturated rings. The second-order valence-corrected chi connectivity index (χ2v) is 4.42. The van der Waals surface area contributed by atoms with Crippen LogP contribution in [-0.4, -0.2) is 20.2 Å². The standard InChI is InChI=1S/C8H7OSi2/c10-9-11-8-5-6-3-1-2-4-7(6)8/h1-4,8H,5H2. The molecular weight excluding hydrogens is 168 g/mol. The normalized spacial score (nSPS) is 20.6. The van der Waals surface area contributed by atoms with Crippen LogP contribution in [0, 0.1) is 0 Å². The maximum Gasteiger partial charge on any atom is 0.229 e. The van der Waals surface area contributed by atoms with Crippen LogP contribution in [0.2, 0.25) is 0 Å². The van der Waals surface area contributed by atoms with E-state index in [1.165, 1.54) is 17.5 Å². The number of hydrogen-bond donors (Lipinski definition) is 0. The smallest absolute Gasteiger partial charge is 0.229 e. The second-order valence-electron chi connectivity index (χ2n) is 2.68. The molecule has 0 saturated carbocycles. The van der Waals surface area contributed by atoms with Gasteiger partial charge in [0.25, 0.3) is 0 Å². The molecule has 0 bridgehead atoms. The number of rotatable bonds is 2. The van der Waals surface area contributed by atoms with Crippen molar-refractivity contribution in [3.63, 3.8) is 0 Å². The van der Waals surface area contributed by atoms with Crippen LogP contribution in [0.5, 0.6) is 0 Å². The van der Waals surface area contributed by atoms with Crippen LogP contribution >= 0.6 is 0 Å². The molecule has 2 rings (SSSR count). The Morgan fingerprint density at radius 3 is 3.00 bits per heavy atom. The van der Waals surface area contributed by atoms with E-state index in [0.717, 1.165) is 0 Å². The summed E-state index contributed by atoms with van der Waals surface area (Å²) in [7, 11) is 3.59. The van der Waals surface area contributed by atoms with Crippen molar-refractivity contribution in [3.8, 4) is 0 Å². The summed E-state index contributed by atoms with van der Waals surface area (Å²) >= 11 is 0. The van der Waals surface area contributed by atoms with Crippen LogP contribution in [0.4, 0.5) is 0 Å². The van der Waals surface area contributed by atoms with Crippen molar-refractivity contribution in [1.82, 2.24) is 0 Å². The molecule has 0 amide bonds. The molecule has 1 aromatic carbocycles. The third kappa shape index (κ3) is 1.19. The topological polar surface area (TPSA) is 9.23 Å². The van der Waals surface area contributed by atoms with Crippen molar-refractivity contribution in [2.75, 3.05) is 0 Å². The van der Waals surface area contributed by atoms with E-state index >= 15 is 0 Å². The van der Waals surface area contributed by atoms with E-state index in [-0.39, 0.29) is 0 Å². The quantitative estimate of drug-likeness (QED) is 0.609. The molecule has 5 radical (unpaired) electrons. The average Bonchev–Trinajstić information content (AvgIpc) is 2.01. The molecule has 0 N–H and O–H groups in total. The minimum atomic E-state index is 0.556. The monoisotopic (exact) mass is 175 g/mol. The highest BCUT2D eigenvalue weighted by molar-refractivity contribution is 6.37. The minimum Gasteiger partial charge on any atom is -0.457 e. The van der Waals surface area contributed by atoms with Gasteiger partial charge in [0.05, 0.1) is 0 Å². The van der Waals surface area contributed by atoms with Gasteiger partial charge in [0.2, 0.25) is 20.2 Å². The fourth-order valence-corrected chi connectivity index (χ4v) is 2.72. The van der Waals surface area contributed by atoms with Crippen molar-refractivity contribution < 1.29 is 4.12 Å². The summed E-state index contributed by atoms with van der Waals surface area (Å²) in [5.41, 5.74) is 3.58. The summed E-state index contributed by atoms with van der Waals surface area (Å²) in [4.78, 5) is 0. The predicted molar refractivity (Wildman–Crippen MR) is 45.5 cm³/mol. The SMILES string of the molecule is [Si]O[Si]C1Cc2ccccc21. The lowest BCUT2D eigenvalue weighted by Crippen LogP contribution is -2.23. The summed E-state index contributed by atoms with van der Waals surface area (Å²) in [6.07, 6.45) is 1.18. The molecule has 0 aromatic heterocycles. The molecule has 0 heterocycles. The Labute approximate surface area is 72.3 Å². The third-order valence-corrected chi connectivity index (χ3v) is 3.33. The van der Waals surface area contributed by atoms with Crippen molar-refractivity contribution in [3.05, 3.63) is 35.4 Å². The Kier molecular flexibility index (Phi) is 1.93. The van der Waals surface area contributed by atoms with E-state index in [0.29, 0.717) is 15.3 Å². The van der Waals surface area contributed by atoms with Crippen molar-refractivity contribution in [1.29, 1.82) is 0 Å². The van der Waals surface area contributed by atoms with Crippen LogP contribution in [0.1, 0.15) is 16.7 Å². The lowest BCUT2D eigenvalue weighted by molar-refractivity contribution is 0.615. The zero-order valence-corrected chi connectivity index (χ0v) is 8.00. The zero-order chi connectivity index (χ0) is 7.68. The van der Waals surface area contributed by atoms with Gasteiger partial charge in [-0.2, -0.15) is 0 Å². The fraction of sp³-hybridized carbons (Fsp3) is 0.250. The summed E-state index contributed by atoms with van der Waals surface area (Å²) in [6.45, 7) is 0. The minimum absolute atomic E-state index is 0.556. The van der Waals surface area contributed by atoms with E-state index in [4.69, 9.17) is 4.12 Å². The first-order valence-corrected chi connectivity index (χ1v) is 4.97. The first-order valence-electron chi connectivity index (χ1n) is 3.57. The molecule has 1 nitrogen and oxygen atoms in total. The molecule has 3 heteroatoms. The molecule has 1 aliphatic rings. The first kappa shape index (κ1) is 7.27. The molecule has 1 aromatic rings. The Morgan fingerprint density at radius 1 is 1.45 bits per heavy atom. The van der Waals surface area contributed by atoms with E-state index in [1.807, 2.05) is 0 Å². The molecule has 53 valence electrons. The maximum atomic E-state index is 4.94. The van der Waals surface area contributed by atoms with Crippen LogP contribution in [-0.2, 0) is 10.5 Å². The Morgan fingerprint density at radius 2 is 2.27 bits per heavy atom. The highest BCUT2D eigenvalue weighted by atomic mass is 28.3. The highest BCUT2D eigenvalue weighted by Gasteiger charge is 2.25. The van der Waals surface area contributed by atoms with Gasteiger partial charge >= 0.3 is 0 Å². The van der Waals surface area contributed by atoms with Crippen LogP contribution < -0.4 is 0 Å². The van der Waals surface area contributed by atoms with Gasteiger partial charge < -0.3 is 4.12 Å². The molecule has 0 spiro atoms. The van der Waals surface area contributed by atoms with Crippen molar-refractivity contribution in [2.45, 2.75) is 12.0 Å². The van der Waals surface area contributed by atoms with Crippen molar-refractivity contribution >= 4 is 20.2 Å². The molecule has 0 saturated heterocycles. The molecule has 0 aliphatic heterocycles. The predicted octanol–water partition coefficient (Wildman–Crippen LogP) is 1.00.